The number of hydrogen-bond acceptors (Lipinski definition) is 1. The lowest BCUT2D eigenvalue weighted by atomic mass is 9.95. The third-order valence-electron chi connectivity index (χ3n) is 2.44. The van der Waals surface area contributed by atoms with Crippen molar-refractivity contribution in [3.63, 3.8) is 0 Å². The van der Waals surface area contributed by atoms with Gasteiger partial charge in [0.25, 0.3) is 5.91 Å². The summed E-state index contributed by atoms with van der Waals surface area (Å²) in [6.07, 6.45) is 5.89. The molecule has 0 bridgehead atoms. The molecule has 90 valence electrons. The average Bonchev–Trinajstić information content (AvgIpc) is 2.18. The lowest BCUT2D eigenvalue weighted by Gasteiger charge is -2.15. The Balaban J connectivity index is 3.65. The molecule has 0 rings (SSSR count). The third kappa shape index (κ3) is 7.92. The standard InChI is InChI=1S/C11H21Cl2NO/c1-3-5-9(6-4-2)7-8-14-11(15)10(12)13/h9-10H,3-8H2,1-2H3,(H,14,15). The lowest BCUT2D eigenvalue weighted by molar-refractivity contribution is -0.119. The van der Waals surface area contributed by atoms with Gasteiger partial charge in [-0.15, -0.1) is 0 Å². The second-order valence-corrected chi connectivity index (χ2v) is 4.92. The van der Waals surface area contributed by atoms with Crippen molar-refractivity contribution in [2.75, 3.05) is 6.54 Å². The van der Waals surface area contributed by atoms with E-state index in [1.165, 1.54) is 25.7 Å². The van der Waals surface area contributed by atoms with Crippen LogP contribution in [-0.2, 0) is 4.79 Å². The summed E-state index contributed by atoms with van der Waals surface area (Å²) in [6, 6.07) is 0. The largest absolute Gasteiger partial charge is 0.354 e. The molecular formula is C11H21Cl2NO. The molecule has 0 radical (unpaired) electrons. The number of amides is 1. The number of halogens is 2. The van der Waals surface area contributed by atoms with Crippen LogP contribution >= 0.6 is 23.2 Å². The van der Waals surface area contributed by atoms with Gasteiger partial charge < -0.3 is 5.32 Å². The summed E-state index contributed by atoms with van der Waals surface area (Å²) < 4.78 is 0. The Kier molecular flexibility index (Phi) is 9.32. The minimum Gasteiger partial charge on any atom is -0.354 e. The summed E-state index contributed by atoms with van der Waals surface area (Å²) in [5, 5.41) is 2.73. The van der Waals surface area contributed by atoms with Crippen LogP contribution in [0.3, 0.4) is 0 Å². The van der Waals surface area contributed by atoms with E-state index in [0.717, 1.165) is 6.42 Å². The summed E-state index contributed by atoms with van der Waals surface area (Å²) in [5.74, 6) is 0.425. The van der Waals surface area contributed by atoms with Gasteiger partial charge in [-0.25, -0.2) is 0 Å². The number of carbonyl (C=O) groups is 1. The van der Waals surface area contributed by atoms with E-state index in [1.54, 1.807) is 0 Å². The van der Waals surface area contributed by atoms with E-state index in [2.05, 4.69) is 19.2 Å². The van der Waals surface area contributed by atoms with E-state index < -0.39 is 4.84 Å². The molecule has 0 aromatic carbocycles. The zero-order valence-electron chi connectivity index (χ0n) is 9.56. The topological polar surface area (TPSA) is 29.1 Å². The first-order chi connectivity index (χ1) is 7.11. The second kappa shape index (κ2) is 9.29. The lowest BCUT2D eigenvalue weighted by Crippen LogP contribution is -2.30. The molecule has 0 fully saturated rings. The van der Waals surface area contributed by atoms with Crippen molar-refractivity contribution in [3.8, 4) is 0 Å². The molecule has 0 heterocycles. The Labute approximate surface area is 103 Å². The molecule has 0 aromatic heterocycles. The van der Waals surface area contributed by atoms with Crippen molar-refractivity contribution < 1.29 is 4.79 Å². The highest BCUT2D eigenvalue weighted by Gasteiger charge is 2.11. The van der Waals surface area contributed by atoms with Gasteiger partial charge in [0.05, 0.1) is 0 Å². The van der Waals surface area contributed by atoms with Gasteiger partial charge in [-0.3, -0.25) is 4.79 Å². The predicted octanol–water partition coefficient (Wildman–Crippen LogP) is 3.51. The minimum atomic E-state index is -0.944. The zero-order chi connectivity index (χ0) is 11.7. The van der Waals surface area contributed by atoms with Crippen molar-refractivity contribution in [1.29, 1.82) is 0 Å². The van der Waals surface area contributed by atoms with E-state index in [1.807, 2.05) is 0 Å². The SMILES string of the molecule is CCCC(CCC)CCNC(=O)C(Cl)Cl. The molecular weight excluding hydrogens is 233 g/mol. The van der Waals surface area contributed by atoms with Gasteiger partial charge in [0.1, 0.15) is 0 Å². The molecule has 2 nitrogen and oxygen atoms in total. The molecule has 1 amide bonds. The van der Waals surface area contributed by atoms with Crippen LogP contribution < -0.4 is 5.32 Å². The van der Waals surface area contributed by atoms with Crippen LogP contribution in [0.1, 0.15) is 46.0 Å². The number of nitrogens with one attached hydrogen (secondary N) is 1. The fraction of sp³-hybridized carbons (Fsp3) is 0.909. The molecule has 0 aliphatic carbocycles. The molecule has 0 saturated carbocycles. The van der Waals surface area contributed by atoms with E-state index in [4.69, 9.17) is 23.2 Å². The number of rotatable bonds is 8. The Morgan fingerprint density at radius 2 is 1.67 bits per heavy atom. The van der Waals surface area contributed by atoms with Crippen LogP contribution in [-0.4, -0.2) is 17.3 Å². The van der Waals surface area contributed by atoms with Gasteiger partial charge in [-0.2, -0.15) is 0 Å². The first-order valence-corrected chi connectivity index (χ1v) is 6.54. The first-order valence-electron chi connectivity index (χ1n) is 5.67. The fourth-order valence-corrected chi connectivity index (χ4v) is 1.88. The maximum atomic E-state index is 11.1. The Morgan fingerprint density at radius 1 is 1.13 bits per heavy atom. The van der Waals surface area contributed by atoms with Crippen LogP contribution in [0.25, 0.3) is 0 Å². The molecule has 0 saturated heterocycles. The average molecular weight is 254 g/mol. The van der Waals surface area contributed by atoms with Crippen LogP contribution in [0.5, 0.6) is 0 Å². The van der Waals surface area contributed by atoms with Gasteiger partial charge in [-0.05, 0) is 12.3 Å². The number of alkyl halides is 2. The molecule has 0 atom stereocenters. The third-order valence-corrected chi connectivity index (χ3v) is 2.84. The maximum Gasteiger partial charge on any atom is 0.253 e. The van der Waals surface area contributed by atoms with Crippen molar-refractivity contribution in [2.24, 2.45) is 5.92 Å². The molecule has 0 aliphatic rings. The Bertz CT molecular complexity index is 168. The monoisotopic (exact) mass is 253 g/mol. The number of carbonyl (C=O) groups excluding carboxylic acids is 1. The molecule has 15 heavy (non-hydrogen) atoms. The van der Waals surface area contributed by atoms with Crippen LogP contribution in [0.2, 0.25) is 0 Å². The predicted molar refractivity (Wildman–Crippen MR) is 66.4 cm³/mol. The summed E-state index contributed by atoms with van der Waals surface area (Å²) in [7, 11) is 0. The van der Waals surface area contributed by atoms with Gasteiger partial charge in [0.2, 0.25) is 0 Å². The van der Waals surface area contributed by atoms with E-state index in [0.29, 0.717) is 12.5 Å². The fourth-order valence-electron chi connectivity index (χ4n) is 1.73. The van der Waals surface area contributed by atoms with Gasteiger partial charge in [-0.1, -0.05) is 62.7 Å². The molecule has 0 unspecified atom stereocenters. The summed E-state index contributed by atoms with van der Waals surface area (Å²) in [5.41, 5.74) is 0. The highest BCUT2D eigenvalue weighted by molar-refractivity contribution is 6.53. The van der Waals surface area contributed by atoms with Crippen molar-refractivity contribution in [1.82, 2.24) is 5.32 Å². The number of hydrogen-bond donors (Lipinski definition) is 1. The van der Waals surface area contributed by atoms with Crippen LogP contribution in [0.15, 0.2) is 0 Å². The first kappa shape index (κ1) is 15.0. The zero-order valence-corrected chi connectivity index (χ0v) is 11.1. The Hall–Kier alpha value is 0.0500. The summed E-state index contributed by atoms with van der Waals surface area (Å²) in [4.78, 5) is 10.1. The Morgan fingerprint density at radius 3 is 2.07 bits per heavy atom. The van der Waals surface area contributed by atoms with Gasteiger partial charge in [0.15, 0.2) is 4.84 Å². The van der Waals surface area contributed by atoms with E-state index in [-0.39, 0.29) is 5.91 Å². The molecule has 1 N–H and O–H groups in total. The molecule has 4 heteroatoms. The van der Waals surface area contributed by atoms with Gasteiger partial charge in [0, 0.05) is 6.54 Å². The minimum absolute atomic E-state index is 0.287. The summed E-state index contributed by atoms with van der Waals surface area (Å²) in [6.45, 7) is 5.06. The van der Waals surface area contributed by atoms with E-state index in [9.17, 15) is 4.79 Å². The van der Waals surface area contributed by atoms with Crippen molar-refractivity contribution in [3.05, 3.63) is 0 Å². The maximum absolute atomic E-state index is 11.1. The highest BCUT2D eigenvalue weighted by atomic mass is 35.5. The summed E-state index contributed by atoms with van der Waals surface area (Å²) >= 11 is 10.8. The molecule has 0 spiro atoms. The van der Waals surface area contributed by atoms with Crippen molar-refractivity contribution in [2.45, 2.75) is 50.8 Å². The smallest absolute Gasteiger partial charge is 0.253 e. The van der Waals surface area contributed by atoms with Crippen molar-refractivity contribution >= 4 is 29.1 Å². The molecule has 0 aliphatic heterocycles. The molecule has 0 aromatic rings. The highest BCUT2D eigenvalue weighted by Crippen LogP contribution is 2.16. The van der Waals surface area contributed by atoms with Crippen LogP contribution in [0.4, 0.5) is 0 Å². The van der Waals surface area contributed by atoms with Gasteiger partial charge >= 0.3 is 0 Å². The second-order valence-electron chi connectivity index (χ2n) is 3.82. The van der Waals surface area contributed by atoms with Crippen LogP contribution in [0, 0.1) is 5.92 Å². The normalized spacial score (nSPS) is 11.1. The quantitative estimate of drug-likeness (QED) is 0.660. The van der Waals surface area contributed by atoms with E-state index >= 15 is 0 Å².